The zero-order valence-corrected chi connectivity index (χ0v) is 8.25. The van der Waals surface area contributed by atoms with E-state index in [2.05, 4.69) is 5.32 Å². The van der Waals surface area contributed by atoms with Gasteiger partial charge in [-0.2, -0.15) is 0 Å². The average molecular weight is 223 g/mol. The molecule has 0 bridgehead atoms. The number of carboxylic acids is 1. The van der Waals surface area contributed by atoms with E-state index in [0.29, 0.717) is 5.69 Å². The number of hydrogen-bond acceptors (Lipinski definition) is 5. The largest absolute Gasteiger partial charge is 0.528 e. The molecule has 1 aromatic rings. The van der Waals surface area contributed by atoms with Gasteiger partial charge in [-0.25, -0.2) is 4.79 Å². The van der Waals surface area contributed by atoms with E-state index in [4.69, 9.17) is 15.2 Å². The Morgan fingerprint density at radius 1 is 1.31 bits per heavy atom. The van der Waals surface area contributed by atoms with Crippen LogP contribution in [0.1, 0.15) is 10.4 Å². The van der Waals surface area contributed by atoms with Gasteiger partial charge in [-0.15, -0.1) is 0 Å². The van der Waals surface area contributed by atoms with Crippen molar-refractivity contribution in [2.24, 2.45) is 0 Å². The first-order chi connectivity index (χ1) is 7.50. The lowest BCUT2D eigenvalue weighted by molar-refractivity contribution is -0.112. The molecule has 0 aliphatic carbocycles. The Balaban J connectivity index is 2.64. The molecule has 1 rings (SSSR count). The Morgan fingerprint density at radius 2 is 2.00 bits per heavy atom. The van der Waals surface area contributed by atoms with Crippen molar-refractivity contribution >= 4 is 24.5 Å². The summed E-state index contributed by atoms with van der Waals surface area (Å²) in [4.78, 5) is 21.5. The first-order valence-electron chi connectivity index (χ1n) is 4.47. The van der Waals surface area contributed by atoms with Gasteiger partial charge >= 0.3 is 13.1 Å². The van der Waals surface area contributed by atoms with E-state index in [1.165, 1.54) is 18.2 Å². The second kappa shape index (κ2) is 5.29. The smallest absolute Gasteiger partial charge is 0.478 e. The molecule has 0 atom stereocenters. The molecule has 0 radical (unpaired) electrons. The lowest BCUT2D eigenvalue weighted by atomic mass is 9.84. The van der Waals surface area contributed by atoms with Gasteiger partial charge in [-0.05, 0) is 18.2 Å². The van der Waals surface area contributed by atoms with Crippen molar-refractivity contribution in [1.29, 1.82) is 0 Å². The summed E-state index contributed by atoms with van der Waals surface area (Å²) >= 11 is 0. The first kappa shape index (κ1) is 12.2. The van der Waals surface area contributed by atoms with Gasteiger partial charge in [0.05, 0.1) is 12.1 Å². The van der Waals surface area contributed by atoms with Crippen molar-refractivity contribution in [1.82, 2.24) is 0 Å². The standard InChI is InChI=1S/C9H10BNO5/c12-8(10(15)16)5-11-7-3-1-2-6(4-7)9(13)14/h1-4,11,15-16H,5H2,(H,13,14). The number of nitrogens with one attached hydrogen (secondary N) is 1. The minimum atomic E-state index is -2.02. The third-order valence-electron chi connectivity index (χ3n) is 1.86. The zero-order chi connectivity index (χ0) is 12.1. The number of carbonyl (C=O) groups excluding carboxylic acids is 1. The molecule has 0 aliphatic rings. The molecular weight excluding hydrogens is 213 g/mol. The molecule has 7 heteroatoms. The highest BCUT2D eigenvalue weighted by Crippen LogP contribution is 2.10. The molecule has 4 N–H and O–H groups in total. The SMILES string of the molecule is O=C(CNc1cccc(C(=O)O)c1)B(O)O. The Kier molecular flexibility index (Phi) is 4.04. The van der Waals surface area contributed by atoms with E-state index < -0.39 is 18.8 Å². The van der Waals surface area contributed by atoms with Crippen LogP contribution in [0.25, 0.3) is 0 Å². The molecule has 16 heavy (non-hydrogen) atoms. The average Bonchev–Trinajstić information content (AvgIpc) is 2.26. The number of carbonyl (C=O) groups is 2. The zero-order valence-electron chi connectivity index (χ0n) is 8.25. The maximum absolute atomic E-state index is 10.9. The lowest BCUT2D eigenvalue weighted by Gasteiger charge is -2.05. The fourth-order valence-corrected chi connectivity index (χ4v) is 1.04. The second-order valence-corrected chi connectivity index (χ2v) is 3.08. The minimum absolute atomic E-state index is 0.0852. The van der Waals surface area contributed by atoms with Crippen molar-refractivity contribution in [3.63, 3.8) is 0 Å². The monoisotopic (exact) mass is 223 g/mol. The molecule has 0 heterocycles. The van der Waals surface area contributed by atoms with Gasteiger partial charge in [0.2, 0.25) is 0 Å². The summed E-state index contributed by atoms with van der Waals surface area (Å²) in [6.07, 6.45) is 0. The second-order valence-electron chi connectivity index (χ2n) is 3.08. The summed E-state index contributed by atoms with van der Waals surface area (Å²) in [5, 5.41) is 28.3. The summed E-state index contributed by atoms with van der Waals surface area (Å²) in [7, 11) is -2.02. The van der Waals surface area contributed by atoms with Crippen LogP contribution in [0.2, 0.25) is 0 Å². The Morgan fingerprint density at radius 3 is 2.56 bits per heavy atom. The predicted octanol–water partition coefficient (Wildman–Crippen LogP) is -0.622. The highest BCUT2D eigenvalue weighted by Gasteiger charge is 2.18. The molecule has 1 aromatic carbocycles. The van der Waals surface area contributed by atoms with Gasteiger partial charge in [0.1, 0.15) is 0 Å². The molecule has 0 spiro atoms. The Labute approximate surface area is 91.7 Å². The highest BCUT2D eigenvalue weighted by molar-refractivity contribution is 6.79. The molecule has 0 saturated heterocycles. The molecular formula is C9H10BNO5. The number of carboxylic acid groups (broad SMARTS) is 1. The number of hydrogen-bond donors (Lipinski definition) is 4. The molecule has 0 fully saturated rings. The maximum Gasteiger partial charge on any atom is 0.528 e. The number of aromatic carboxylic acids is 1. The van der Waals surface area contributed by atoms with Gasteiger partial charge in [0.15, 0.2) is 5.68 Å². The van der Waals surface area contributed by atoms with Crippen molar-refractivity contribution in [3.05, 3.63) is 29.8 Å². The number of anilines is 1. The Bertz CT molecular complexity index is 407. The minimum Gasteiger partial charge on any atom is -0.478 e. The van der Waals surface area contributed by atoms with Crippen LogP contribution < -0.4 is 5.32 Å². The molecule has 84 valence electrons. The van der Waals surface area contributed by atoms with E-state index in [0.717, 1.165) is 0 Å². The molecule has 0 aliphatic heterocycles. The third kappa shape index (κ3) is 3.37. The molecule has 0 unspecified atom stereocenters. The van der Waals surface area contributed by atoms with Crippen LogP contribution in [0, 0.1) is 0 Å². The normalized spacial score (nSPS) is 9.62. The van der Waals surface area contributed by atoms with E-state index in [-0.39, 0.29) is 12.1 Å². The van der Waals surface area contributed by atoms with E-state index in [9.17, 15) is 9.59 Å². The van der Waals surface area contributed by atoms with Crippen LogP contribution in [-0.2, 0) is 4.79 Å². The van der Waals surface area contributed by atoms with Crippen LogP contribution in [0.5, 0.6) is 0 Å². The third-order valence-corrected chi connectivity index (χ3v) is 1.86. The van der Waals surface area contributed by atoms with E-state index in [1.54, 1.807) is 6.07 Å². The Hall–Kier alpha value is -1.86. The molecule has 0 saturated carbocycles. The summed E-state index contributed by atoms with van der Waals surface area (Å²) in [5.74, 6) is -1.07. The maximum atomic E-state index is 10.9. The van der Waals surface area contributed by atoms with Crippen LogP contribution in [0.15, 0.2) is 24.3 Å². The van der Waals surface area contributed by atoms with Crippen molar-refractivity contribution in [2.45, 2.75) is 0 Å². The molecule has 0 aromatic heterocycles. The molecule has 6 nitrogen and oxygen atoms in total. The fourth-order valence-electron chi connectivity index (χ4n) is 1.04. The van der Waals surface area contributed by atoms with Crippen LogP contribution >= 0.6 is 0 Å². The quantitative estimate of drug-likeness (QED) is 0.495. The number of rotatable bonds is 5. The van der Waals surface area contributed by atoms with E-state index in [1.807, 2.05) is 0 Å². The predicted molar refractivity (Wildman–Crippen MR) is 57.1 cm³/mol. The van der Waals surface area contributed by atoms with E-state index >= 15 is 0 Å². The topological polar surface area (TPSA) is 107 Å². The summed E-state index contributed by atoms with van der Waals surface area (Å²) in [5.41, 5.74) is -0.281. The summed E-state index contributed by atoms with van der Waals surface area (Å²) in [6, 6.07) is 5.85. The van der Waals surface area contributed by atoms with Crippen molar-refractivity contribution in [3.8, 4) is 0 Å². The lowest BCUT2D eigenvalue weighted by Crippen LogP contribution is -2.31. The van der Waals surface area contributed by atoms with Crippen molar-refractivity contribution < 1.29 is 24.7 Å². The molecule has 0 amide bonds. The van der Waals surface area contributed by atoms with Gasteiger partial charge in [-0.3, -0.25) is 0 Å². The highest BCUT2D eigenvalue weighted by atomic mass is 16.4. The number of benzene rings is 1. The van der Waals surface area contributed by atoms with Gasteiger partial charge < -0.3 is 25.3 Å². The van der Waals surface area contributed by atoms with Gasteiger partial charge in [0, 0.05) is 5.69 Å². The van der Waals surface area contributed by atoms with Crippen LogP contribution in [0.3, 0.4) is 0 Å². The van der Waals surface area contributed by atoms with Crippen LogP contribution in [-0.4, -0.2) is 40.5 Å². The summed E-state index contributed by atoms with van der Waals surface area (Å²) < 4.78 is 0. The first-order valence-corrected chi connectivity index (χ1v) is 4.47. The fraction of sp³-hybridized carbons (Fsp3) is 0.111. The van der Waals surface area contributed by atoms with Crippen molar-refractivity contribution in [2.75, 3.05) is 11.9 Å². The summed E-state index contributed by atoms with van der Waals surface area (Å²) in [6.45, 7) is -0.277. The van der Waals surface area contributed by atoms with Crippen LogP contribution in [0.4, 0.5) is 5.69 Å². The van der Waals surface area contributed by atoms with Gasteiger partial charge in [-0.1, -0.05) is 6.07 Å². The van der Waals surface area contributed by atoms with Gasteiger partial charge in [0.25, 0.3) is 0 Å².